The van der Waals surface area contributed by atoms with E-state index < -0.39 is 0 Å². The molecule has 0 bridgehead atoms. The number of rotatable bonds is 4. The second-order valence-corrected chi connectivity index (χ2v) is 5.00. The molecule has 0 heterocycles. The van der Waals surface area contributed by atoms with Gasteiger partial charge in [-0.25, -0.2) is 0 Å². The molecule has 1 saturated carbocycles. The van der Waals surface area contributed by atoms with E-state index in [1.807, 2.05) is 18.2 Å². The molecule has 1 aromatic carbocycles. The molecule has 3 heteroatoms. The van der Waals surface area contributed by atoms with Gasteiger partial charge < -0.3 is 15.8 Å². The lowest BCUT2D eigenvalue weighted by molar-refractivity contribution is 0.414. The summed E-state index contributed by atoms with van der Waals surface area (Å²) < 4.78 is 5.21. The van der Waals surface area contributed by atoms with E-state index in [1.165, 1.54) is 19.3 Å². The molecule has 0 radical (unpaired) electrons. The molecule has 0 aliphatic heterocycles. The number of anilines is 2. The second-order valence-electron chi connectivity index (χ2n) is 5.00. The van der Waals surface area contributed by atoms with Gasteiger partial charge >= 0.3 is 0 Å². The summed E-state index contributed by atoms with van der Waals surface area (Å²) in [5.41, 5.74) is 7.72. The van der Waals surface area contributed by atoms with Crippen molar-refractivity contribution in [2.75, 3.05) is 24.7 Å². The summed E-state index contributed by atoms with van der Waals surface area (Å²) in [6.45, 7) is 3.35. The van der Waals surface area contributed by atoms with Crippen LogP contribution in [0.2, 0.25) is 0 Å². The van der Waals surface area contributed by atoms with Gasteiger partial charge in [-0.05, 0) is 30.4 Å². The Kier molecular flexibility index (Phi) is 3.77. The molecule has 2 atom stereocenters. The van der Waals surface area contributed by atoms with Gasteiger partial charge in [0.05, 0.1) is 18.5 Å². The number of nitrogen functional groups attached to an aromatic ring is 1. The van der Waals surface area contributed by atoms with Crippen LogP contribution in [-0.2, 0) is 0 Å². The zero-order valence-electron chi connectivity index (χ0n) is 10.7. The zero-order valence-corrected chi connectivity index (χ0v) is 10.7. The smallest absolute Gasteiger partial charge is 0.121 e. The van der Waals surface area contributed by atoms with Gasteiger partial charge in [-0.3, -0.25) is 0 Å². The molecule has 3 N–H and O–H groups in total. The molecule has 2 unspecified atom stereocenters. The summed E-state index contributed by atoms with van der Waals surface area (Å²) in [5.74, 6) is 2.45. The van der Waals surface area contributed by atoms with Crippen LogP contribution in [-0.4, -0.2) is 13.7 Å². The Morgan fingerprint density at radius 1 is 1.41 bits per heavy atom. The zero-order chi connectivity index (χ0) is 12.3. The van der Waals surface area contributed by atoms with Crippen LogP contribution in [0.5, 0.6) is 5.75 Å². The molecular weight excluding hydrogens is 212 g/mol. The lowest BCUT2D eigenvalue weighted by Crippen LogP contribution is -2.17. The first-order valence-electron chi connectivity index (χ1n) is 6.38. The lowest BCUT2D eigenvalue weighted by atomic mass is 9.98. The average Bonchev–Trinajstić information content (AvgIpc) is 2.74. The average molecular weight is 234 g/mol. The predicted octanol–water partition coefficient (Wildman–Crippen LogP) is 3.13. The third-order valence-electron chi connectivity index (χ3n) is 3.85. The number of hydrogen-bond acceptors (Lipinski definition) is 3. The highest BCUT2D eigenvalue weighted by Crippen LogP contribution is 2.32. The van der Waals surface area contributed by atoms with Gasteiger partial charge in [-0.2, -0.15) is 0 Å². The maximum atomic E-state index is 5.95. The van der Waals surface area contributed by atoms with E-state index in [-0.39, 0.29) is 0 Å². The van der Waals surface area contributed by atoms with Crippen molar-refractivity contribution >= 4 is 11.4 Å². The molecule has 0 spiro atoms. The van der Waals surface area contributed by atoms with Crippen LogP contribution in [0.4, 0.5) is 11.4 Å². The molecule has 1 aliphatic carbocycles. The van der Waals surface area contributed by atoms with Crippen molar-refractivity contribution in [2.45, 2.75) is 26.2 Å². The molecular formula is C14H22N2O. The molecule has 1 aliphatic rings. The standard InChI is InChI=1S/C14H22N2O/c1-10-4-3-5-11(10)9-16-14-8-12(17-2)6-7-13(14)15/h6-8,10-11,16H,3-5,9,15H2,1-2H3. The van der Waals surface area contributed by atoms with Crippen molar-refractivity contribution in [2.24, 2.45) is 11.8 Å². The van der Waals surface area contributed by atoms with Crippen LogP contribution in [0.1, 0.15) is 26.2 Å². The summed E-state index contributed by atoms with van der Waals surface area (Å²) in [7, 11) is 1.67. The van der Waals surface area contributed by atoms with E-state index in [4.69, 9.17) is 10.5 Å². The van der Waals surface area contributed by atoms with E-state index in [1.54, 1.807) is 7.11 Å². The molecule has 94 valence electrons. The van der Waals surface area contributed by atoms with Gasteiger partial charge in [0.25, 0.3) is 0 Å². The van der Waals surface area contributed by atoms with Gasteiger partial charge in [-0.15, -0.1) is 0 Å². The highest BCUT2D eigenvalue weighted by Gasteiger charge is 2.22. The number of nitrogens with two attached hydrogens (primary N) is 1. The van der Waals surface area contributed by atoms with Crippen LogP contribution in [0.15, 0.2) is 18.2 Å². The molecule has 17 heavy (non-hydrogen) atoms. The van der Waals surface area contributed by atoms with Crippen LogP contribution in [0.25, 0.3) is 0 Å². The Bertz CT molecular complexity index is 378. The molecule has 1 fully saturated rings. The van der Waals surface area contributed by atoms with Crippen LogP contribution < -0.4 is 15.8 Å². The molecule has 0 saturated heterocycles. The van der Waals surface area contributed by atoms with Gasteiger partial charge in [0.1, 0.15) is 5.75 Å². The Balaban J connectivity index is 1.98. The molecule has 0 aromatic heterocycles. The van der Waals surface area contributed by atoms with Gasteiger partial charge in [0, 0.05) is 12.6 Å². The Hall–Kier alpha value is -1.38. The van der Waals surface area contributed by atoms with Crippen molar-refractivity contribution in [3.63, 3.8) is 0 Å². The highest BCUT2D eigenvalue weighted by molar-refractivity contribution is 5.68. The maximum absolute atomic E-state index is 5.95. The SMILES string of the molecule is COc1ccc(N)c(NCC2CCCC2C)c1. The fraction of sp³-hybridized carbons (Fsp3) is 0.571. The van der Waals surface area contributed by atoms with E-state index in [0.29, 0.717) is 0 Å². The minimum atomic E-state index is 0.778. The highest BCUT2D eigenvalue weighted by atomic mass is 16.5. The number of nitrogens with one attached hydrogen (secondary N) is 1. The summed E-state index contributed by atoms with van der Waals surface area (Å²) >= 11 is 0. The maximum Gasteiger partial charge on any atom is 0.121 e. The number of hydrogen-bond donors (Lipinski definition) is 2. The molecule has 1 aromatic rings. The normalized spacial score (nSPS) is 23.6. The molecule has 2 rings (SSSR count). The lowest BCUT2D eigenvalue weighted by Gasteiger charge is -2.18. The van der Waals surface area contributed by atoms with Crippen molar-refractivity contribution < 1.29 is 4.74 Å². The van der Waals surface area contributed by atoms with Crippen LogP contribution in [0, 0.1) is 11.8 Å². The number of benzene rings is 1. The monoisotopic (exact) mass is 234 g/mol. The Morgan fingerprint density at radius 3 is 2.88 bits per heavy atom. The second kappa shape index (κ2) is 5.30. The van der Waals surface area contributed by atoms with Crippen molar-refractivity contribution in [3.05, 3.63) is 18.2 Å². The van der Waals surface area contributed by atoms with E-state index in [9.17, 15) is 0 Å². The first-order chi connectivity index (χ1) is 8.20. The number of methoxy groups -OCH3 is 1. The van der Waals surface area contributed by atoms with E-state index in [2.05, 4.69) is 12.2 Å². The molecule has 0 amide bonds. The van der Waals surface area contributed by atoms with Crippen molar-refractivity contribution in [1.82, 2.24) is 0 Å². The topological polar surface area (TPSA) is 47.3 Å². The summed E-state index contributed by atoms with van der Waals surface area (Å²) in [5, 5.41) is 3.46. The third-order valence-corrected chi connectivity index (χ3v) is 3.85. The minimum absolute atomic E-state index is 0.778. The molecule has 3 nitrogen and oxygen atoms in total. The number of ether oxygens (including phenoxy) is 1. The third kappa shape index (κ3) is 2.84. The van der Waals surface area contributed by atoms with Gasteiger partial charge in [0.2, 0.25) is 0 Å². The Morgan fingerprint density at radius 2 is 2.24 bits per heavy atom. The van der Waals surface area contributed by atoms with E-state index in [0.717, 1.165) is 35.5 Å². The fourth-order valence-electron chi connectivity index (χ4n) is 2.58. The van der Waals surface area contributed by atoms with E-state index >= 15 is 0 Å². The summed E-state index contributed by atoms with van der Waals surface area (Å²) in [6.07, 6.45) is 4.05. The van der Waals surface area contributed by atoms with Crippen LogP contribution in [0.3, 0.4) is 0 Å². The largest absolute Gasteiger partial charge is 0.497 e. The van der Waals surface area contributed by atoms with Crippen LogP contribution >= 0.6 is 0 Å². The van der Waals surface area contributed by atoms with Crippen molar-refractivity contribution in [3.8, 4) is 5.75 Å². The Labute approximate surface area is 103 Å². The summed E-state index contributed by atoms with van der Waals surface area (Å²) in [6, 6.07) is 5.74. The minimum Gasteiger partial charge on any atom is -0.497 e. The quantitative estimate of drug-likeness (QED) is 0.787. The van der Waals surface area contributed by atoms with Crippen molar-refractivity contribution in [1.29, 1.82) is 0 Å². The fourth-order valence-corrected chi connectivity index (χ4v) is 2.58. The van der Waals surface area contributed by atoms with Gasteiger partial charge in [-0.1, -0.05) is 19.8 Å². The summed E-state index contributed by atoms with van der Waals surface area (Å²) in [4.78, 5) is 0. The first-order valence-corrected chi connectivity index (χ1v) is 6.38. The first kappa shape index (κ1) is 12.1. The van der Waals surface area contributed by atoms with Gasteiger partial charge in [0.15, 0.2) is 0 Å². The predicted molar refractivity (Wildman–Crippen MR) is 72.4 cm³/mol.